The Balaban J connectivity index is 2.31. The molecule has 1 atom stereocenters. The monoisotopic (exact) mass is 226 g/mol. The van der Waals surface area contributed by atoms with E-state index >= 15 is 0 Å². The minimum absolute atomic E-state index is 0.605. The number of methoxy groups -OCH3 is 1. The van der Waals surface area contributed by atoms with Crippen LogP contribution < -0.4 is 5.32 Å². The average molecular weight is 226 g/mol. The van der Waals surface area contributed by atoms with Crippen LogP contribution in [-0.2, 0) is 4.74 Å². The Labute approximate surface area is 99.8 Å². The van der Waals surface area contributed by atoms with Crippen LogP contribution in [0, 0.1) is 0 Å². The number of hydrogen-bond acceptors (Lipinski definition) is 3. The highest BCUT2D eigenvalue weighted by atomic mass is 16.5. The topological polar surface area (TPSA) is 24.5 Å². The van der Waals surface area contributed by atoms with E-state index in [2.05, 4.69) is 23.7 Å². The molecular formula is C13H26N2O. The lowest BCUT2D eigenvalue weighted by Gasteiger charge is -2.30. The fourth-order valence-electron chi connectivity index (χ4n) is 1.92. The van der Waals surface area contributed by atoms with Gasteiger partial charge in [-0.25, -0.2) is 0 Å². The summed E-state index contributed by atoms with van der Waals surface area (Å²) >= 11 is 0. The Hall–Kier alpha value is -0.380. The van der Waals surface area contributed by atoms with Crippen molar-refractivity contribution in [1.29, 1.82) is 0 Å². The van der Waals surface area contributed by atoms with E-state index in [1.54, 1.807) is 7.11 Å². The number of rotatable bonds is 10. The van der Waals surface area contributed by atoms with Crippen molar-refractivity contribution in [3.63, 3.8) is 0 Å². The molecule has 0 amide bonds. The summed E-state index contributed by atoms with van der Waals surface area (Å²) in [6.45, 7) is 9.92. The smallest absolute Gasteiger partial charge is 0.0589 e. The highest BCUT2D eigenvalue weighted by Gasteiger charge is 2.23. The molecule has 0 heterocycles. The van der Waals surface area contributed by atoms with Crippen molar-refractivity contribution in [2.75, 3.05) is 33.4 Å². The third kappa shape index (κ3) is 5.10. The third-order valence-corrected chi connectivity index (χ3v) is 3.15. The maximum Gasteiger partial charge on any atom is 0.0589 e. The van der Waals surface area contributed by atoms with Crippen LogP contribution in [0.2, 0.25) is 0 Å². The second kappa shape index (κ2) is 7.82. The van der Waals surface area contributed by atoms with Crippen molar-refractivity contribution < 1.29 is 4.74 Å². The van der Waals surface area contributed by atoms with E-state index in [0.717, 1.165) is 32.3 Å². The summed E-state index contributed by atoms with van der Waals surface area (Å²) < 4.78 is 5.15. The second-order valence-electron chi connectivity index (χ2n) is 4.52. The van der Waals surface area contributed by atoms with Gasteiger partial charge in [-0.1, -0.05) is 13.0 Å². The molecule has 0 saturated heterocycles. The molecule has 0 aliphatic heterocycles. The molecule has 1 aliphatic carbocycles. The predicted octanol–water partition coefficient (Wildman–Crippen LogP) is 1.65. The number of nitrogens with one attached hydrogen (secondary N) is 1. The molecule has 0 radical (unpaired) electrons. The van der Waals surface area contributed by atoms with Gasteiger partial charge in [-0.15, -0.1) is 6.58 Å². The third-order valence-electron chi connectivity index (χ3n) is 3.15. The maximum absolute atomic E-state index is 5.15. The van der Waals surface area contributed by atoms with Crippen molar-refractivity contribution in [1.82, 2.24) is 10.2 Å². The minimum atomic E-state index is 0.605. The molecule has 0 spiro atoms. The van der Waals surface area contributed by atoms with Gasteiger partial charge >= 0.3 is 0 Å². The Kier molecular flexibility index (Phi) is 6.69. The lowest BCUT2D eigenvalue weighted by Crippen LogP contribution is -2.44. The zero-order valence-electron chi connectivity index (χ0n) is 10.7. The van der Waals surface area contributed by atoms with Crippen molar-refractivity contribution in [2.24, 2.45) is 0 Å². The Morgan fingerprint density at radius 2 is 2.31 bits per heavy atom. The van der Waals surface area contributed by atoms with Crippen LogP contribution >= 0.6 is 0 Å². The molecule has 1 saturated carbocycles. The first-order valence-corrected chi connectivity index (χ1v) is 6.39. The van der Waals surface area contributed by atoms with Gasteiger partial charge in [0.1, 0.15) is 0 Å². The summed E-state index contributed by atoms with van der Waals surface area (Å²) in [6, 6.07) is 1.40. The molecule has 1 aliphatic rings. The first-order valence-electron chi connectivity index (χ1n) is 6.39. The Morgan fingerprint density at radius 3 is 2.81 bits per heavy atom. The Bertz CT molecular complexity index is 192. The van der Waals surface area contributed by atoms with E-state index in [-0.39, 0.29) is 0 Å². The molecular weight excluding hydrogens is 200 g/mol. The summed E-state index contributed by atoms with van der Waals surface area (Å²) in [4.78, 5) is 2.45. The van der Waals surface area contributed by atoms with E-state index in [1.807, 2.05) is 6.08 Å². The highest BCUT2D eigenvalue weighted by molar-refractivity contribution is 4.85. The van der Waals surface area contributed by atoms with Crippen LogP contribution in [0.25, 0.3) is 0 Å². The molecule has 0 aromatic rings. The van der Waals surface area contributed by atoms with Gasteiger partial charge in [-0.2, -0.15) is 0 Å². The molecule has 3 nitrogen and oxygen atoms in total. The molecule has 0 bridgehead atoms. The van der Waals surface area contributed by atoms with Crippen molar-refractivity contribution in [2.45, 2.75) is 38.3 Å². The molecule has 1 rings (SSSR count). The minimum Gasteiger partial charge on any atom is -0.383 e. The summed E-state index contributed by atoms with van der Waals surface area (Å²) in [5.41, 5.74) is 0. The van der Waals surface area contributed by atoms with Gasteiger partial charge in [0.05, 0.1) is 6.61 Å². The largest absolute Gasteiger partial charge is 0.383 e. The number of nitrogens with zero attached hydrogens (tertiary/aromatic N) is 1. The summed E-state index contributed by atoms with van der Waals surface area (Å²) in [6.07, 6.45) is 5.87. The van der Waals surface area contributed by atoms with E-state index < -0.39 is 0 Å². The molecule has 3 heteroatoms. The number of ether oxygens (including phenoxy) is 1. The molecule has 0 aromatic heterocycles. The highest BCUT2D eigenvalue weighted by Crippen LogP contribution is 2.19. The average Bonchev–Trinajstić information content (AvgIpc) is 3.10. The fourth-order valence-corrected chi connectivity index (χ4v) is 1.92. The van der Waals surface area contributed by atoms with Gasteiger partial charge in [-0.05, 0) is 19.3 Å². The first-order chi connectivity index (χ1) is 7.81. The van der Waals surface area contributed by atoms with E-state index in [1.165, 1.54) is 19.3 Å². The van der Waals surface area contributed by atoms with Gasteiger partial charge in [0.2, 0.25) is 0 Å². The first kappa shape index (κ1) is 13.7. The summed E-state index contributed by atoms with van der Waals surface area (Å²) in [5.74, 6) is 0. The summed E-state index contributed by atoms with van der Waals surface area (Å²) in [7, 11) is 1.76. The molecule has 0 aromatic carbocycles. The van der Waals surface area contributed by atoms with E-state index in [9.17, 15) is 0 Å². The molecule has 16 heavy (non-hydrogen) atoms. The number of hydrogen-bond donors (Lipinski definition) is 1. The van der Waals surface area contributed by atoms with Crippen molar-refractivity contribution in [3.05, 3.63) is 12.7 Å². The van der Waals surface area contributed by atoms with E-state index in [0.29, 0.717) is 6.04 Å². The maximum atomic E-state index is 5.15. The zero-order chi connectivity index (χ0) is 11.8. The fraction of sp³-hybridized carbons (Fsp3) is 0.846. The standard InChI is InChI=1S/C13H26N2O/c1-4-8-15(9-10-16-3)13(5-2)11-14-12-6-7-12/h4,12-14H,1,5-11H2,2-3H3. The molecule has 1 N–H and O–H groups in total. The normalized spacial score (nSPS) is 17.7. The van der Waals surface area contributed by atoms with Crippen LogP contribution in [0.5, 0.6) is 0 Å². The molecule has 1 unspecified atom stereocenters. The van der Waals surface area contributed by atoms with Gasteiger partial charge in [0.15, 0.2) is 0 Å². The quantitative estimate of drug-likeness (QED) is 0.573. The Morgan fingerprint density at radius 1 is 1.56 bits per heavy atom. The molecule has 94 valence electrons. The van der Waals surface area contributed by atoms with Gasteiger partial charge < -0.3 is 10.1 Å². The second-order valence-corrected chi connectivity index (χ2v) is 4.52. The lowest BCUT2D eigenvalue weighted by atomic mass is 10.2. The SMILES string of the molecule is C=CCN(CCOC)C(CC)CNC1CC1. The van der Waals surface area contributed by atoms with Crippen LogP contribution in [0.3, 0.4) is 0 Å². The lowest BCUT2D eigenvalue weighted by molar-refractivity contribution is 0.125. The van der Waals surface area contributed by atoms with Crippen molar-refractivity contribution in [3.8, 4) is 0 Å². The zero-order valence-corrected chi connectivity index (χ0v) is 10.7. The predicted molar refractivity (Wildman–Crippen MR) is 68.7 cm³/mol. The van der Waals surface area contributed by atoms with Gasteiger partial charge in [-0.3, -0.25) is 4.90 Å². The van der Waals surface area contributed by atoms with Gasteiger partial charge in [0, 0.05) is 38.8 Å². The van der Waals surface area contributed by atoms with Crippen molar-refractivity contribution >= 4 is 0 Å². The van der Waals surface area contributed by atoms with Crippen LogP contribution in [-0.4, -0.2) is 50.3 Å². The molecule has 1 fully saturated rings. The van der Waals surface area contributed by atoms with Crippen LogP contribution in [0.15, 0.2) is 12.7 Å². The summed E-state index contributed by atoms with van der Waals surface area (Å²) in [5, 5.41) is 3.61. The van der Waals surface area contributed by atoms with Crippen LogP contribution in [0.4, 0.5) is 0 Å². The van der Waals surface area contributed by atoms with E-state index in [4.69, 9.17) is 4.74 Å². The van der Waals surface area contributed by atoms with Gasteiger partial charge in [0.25, 0.3) is 0 Å². The van der Waals surface area contributed by atoms with Crippen LogP contribution in [0.1, 0.15) is 26.2 Å².